The lowest BCUT2D eigenvalue weighted by Gasteiger charge is -2.19. The minimum Gasteiger partial charge on any atom is -0.306 e. The molecule has 0 aliphatic rings. The molecule has 20 heavy (non-hydrogen) atoms. The van der Waals surface area contributed by atoms with E-state index >= 15 is 0 Å². The van der Waals surface area contributed by atoms with E-state index in [0.717, 1.165) is 5.69 Å². The maximum Gasteiger partial charge on any atom is 0.264 e. The van der Waals surface area contributed by atoms with Crippen LogP contribution in [0.4, 0.5) is 4.39 Å². The van der Waals surface area contributed by atoms with Gasteiger partial charge in [-0.25, -0.2) is 9.37 Å². The molecule has 1 heterocycles. The van der Waals surface area contributed by atoms with Gasteiger partial charge in [-0.1, -0.05) is 20.8 Å². The van der Waals surface area contributed by atoms with Gasteiger partial charge < -0.3 is 4.98 Å². The summed E-state index contributed by atoms with van der Waals surface area (Å²) in [5.74, 6) is 0.0960. The van der Waals surface area contributed by atoms with Crippen molar-refractivity contribution >= 4 is 38.5 Å². The normalized spacial score (nSPS) is 11.7. The summed E-state index contributed by atoms with van der Waals surface area (Å²) in [7, 11) is 0. The first-order valence-electron chi connectivity index (χ1n) is 5.96. The third kappa shape index (κ3) is 3.11. The summed E-state index contributed by atoms with van der Waals surface area (Å²) in [5, 5.41) is 0. The van der Waals surface area contributed by atoms with Gasteiger partial charge in [0, 0.05) is 11.0 Å². The molecule has 0 fully saturated rings. The number of hydrogen-bond donors (Lipinski definition) is 1. The molecule has 0 saturated carbocycles. The summed E-state index contributed by atoms with van der Waals surface area (Å²) in [6.07, 6.45) is 0. The highest BCUT2D eigenvalue weighted by Gasteiger charge is 2.22. The van der Waals surface area contributed by atoms with Gasteiger partial charge in [-0.05, 0) is 56.7 Å². The van der Waals surface area contributed by atoms with Gasteiger partial charge in [0.1, 0.15) is 15.2 Å². The summed E-state index contributed by atoms with van der Waals surface area (Å²) in [4.78, 5) is 19.3. The van der Waals surface area contributed by atoms with Gasteiger partial charge in [-0.15, -0.1) is 0 Å². The molecule has 0 unspecified atom stereocenters. The highest BCUT2D eigenvalue weighted by atomic mass is 127. The Morgan fingerprint density at radius 3 is 2.55 bits per heavy atom. The van der Waals surface area contributed by atoms with Crippen LogP contribution in [0.1, 0.15) is 26.5 Å². The van der Waals surface area contributed by atoms with Crippen LogP contribution in [0.3, 0.4) is 0 Å². The summed E-state index contributed by atoms with van der Waals surface area (Å²) in [6.45, 7) is 6.00. The average molecular weight is 451 g/mol. The van der Waals surface area contributed by atoms with Crippen LogP contribution >= 0.6 is 38.5 Å². The molecule has 0 amide bonds. The van der Waals surface area contributed by atoms with Gasteiger partial charge in [0.15, 0.2) is 0 Å². The van der Waals surface area contributed by atoms with Crippen LogP contribution in [0.15, 0.2) is 27.5 Å². The van der Waals surface area contributed by atoms with Crippen LogP contribution in [-0.2, 0) is 5.41 Å². The second-order valence-electron chi connectivity index (χ2n) is 5.46. The highest BCUT2D eigenvalue weighted by Crippen LogP contribution is 2.27. The summed E-state index contributed by atoms with van der Waals surface area (Å²) < 4.78 is 14.2. The number of nitrogens with zero attached hydrogens (tertiary/aromatic N) is 1. The molecule has 0 aliphatic heterocycles. The van der Waals surface area contributed by atoms with E-state index in [0.29, 0.717) is 19.4 Å². The summed E-state index contributed by atoms with van der Waals surface area (Å²) in [6, 6.07) is 4.54. The Morgan fingerprint density at radius 2 is 2.00 bits per heavy atom. The largest absolute Gasteiger partial charge is 0.306 e. The SMILES string of the molecule is CC(C)(C)c1nc(-c2ccc(F)c(Br)c2)[nH]c(=O)c1I. The van der Waals surface area contributed by atoms with Crippen molar-refractivity contribution in [1.29, 1.82) is 0 Å². The molecule has 0 spiro atoms. The van der Waals surface area contributed by atoms with Crippen LogP contribution in [0.2, 0.25) is 0 Å². The monoisotopic (exact) mass is 450 g/mol. The van der Waals surface area contributed by atoms with Crippen molar-refractivity contribution in [1.82, 2.24) is 9.97 Å². The molecule has 0 atom stereocenters. The van der Waals surface area contributed by atoms with E-state index in [1.807, 2.05) is 43.4 Å². The Kier molecular flexibility index (Phi) is 4.34. The van der Waals surface area contributed by atoms with E-state index in [-0.39, 0.29) is 16.8 Å². The molecule has 0 bridgehead atoms. The smallest absolute Gasteiger partial charge is 0.264 e. The Labute approximate surface area is 138 Å². The first-order chi connectivity index (χ1) is 9.20. The van der Waals surface area contributed by atoms with Crippen molar-refractivity contribution in [2.75, 3.05) is 0 Å². The van der Waals surface area contributed by atoms with Crippen molar-refractivity contribution in [2.45, 2.75) is 26.2 Å². The van der Waals surface area contributed by atoms with Gasteiger partial charge in [0.25, 0.3) is 5.56 Å². The van der Waals surface area contributed by atoms with E-state index in [9.17, 15) is 9.18 Å². The minimum absolute atomic E-state index is 0.180. The van der Waals surface area contributed by atoms with Crippen molar-refractivity contribution in [3.05, 3.63) is 48.1 Å². The molecule has 0 saturated heterocycles. The van der Waals surface area contributed by atoms with Crippen LogP contribution in [-0.4, -0.2) is 9.97 Å². The number of H-pyrrole nitrogens is 1. The lowest BCUT2D eigenvalue weighted by Crippen LogP contribution is -2.24. The van der Waals surface area contributed by atoms with Crippen molar-refractivity contribution in [3.8, 4) is 11.4 Å². The highest BCUT2D eigenvalue weighted by molar-refractivity contribution is 14.1. The minimum atomic E-state index is -0.349. The van der Waals surface area contributed by atoms with E-state index in [2.05, 4.69) is 25.9 Å². The standard InChI is InChI=1S/C14H13BrFIN2O/c1-14(2,3)11-10(17)13(20)19-12(18-11)7-4-5-9(16)8(15)6-7/h4-6H,1-3H3,(H,18,19,20). The zero-order valence-electron chi connectivity index (χ0n) is 11.2. The first-order valence-corrected chi connectivity index (χ1v) is 7.83. The molecule has 2 aromatic rings. The first kappa shape index (κ1) is 15.6. The second-order valence-corrected chi connectivity index (χ2v) is 7.39. The molecular formula is C14H13BrFIN2O. The molecule has 1 N–H and O–H groups in total. The quantitative estimate of drug-likeness (QED) is 0.660. The van der Waals surface area contributed by atoms with Gasteiger partial charge in [-0.2, -0.15) is 0 Å². The number of halogens is 3. The van der Waals surface area contributed by atoms with E-state index in [1.165, 1.54) is 6.07 Å². The predicted molar refractivity (Wildman–Crippen MR) is 89.4 cm³/mol. The summed E-state index contributed by atoms with van der Waals surface area (Å²) in [5.41, 5.74) is 0.979. The van der Waals surface area contributed by atoms with E-state index in [4.69, 9.17) is 0 Å². The zero-order chi connectivity index (χ0) is 15.1. The van der Waals surface area contributed by atoms with Gasteiger partial charge >= 0.3 is 0 Å². The Hall–Kier alpha value is -0.760. The Morgan fingerprint density at radius 1 is 1.35 bits per heavy atom. The summed E-state index contributed by atoms with van der Waals surface area (Å²) >= 11 is 5.14. The Bertz CT molecular complexity index is 722. The number of aromatic amines is 1. The number of rotatable bonds is 1. The molecule has 1 aromatic carbocycles. The molecular weight excluding hydrogens is 438 g/mol. The second kappa shape index (κ2) is 5.55. The molecule has 0 radical (unpaired) electrons. The number of aromatic nitrogens is 2. The van der Waals surface area contributed by atoms with Crippen molar-refractivity contribution < 1.29 is 4.39 Å². The van der Waals surface area contributed by atoms with Crippen molar-refractivity contribution in [2.24, 2.45) is 0 Å². The van der Waals surface area contributed by atoms with Gasteiger partial charge in [-0.3, -0.25) is 4.79 Å². The third-order valence-electron chi connectivity index (χ3n) is 2.77. The van der Waals surface area contributed by atoms with Crippen molar-refractivity contribution in [3.63, 3.8) is 0 Å². The maximum atomic E-state index is 13.3. The van der Waals surface area contributed by atoms with Crippen LogP contribution < -0.4 is 5.56 Å². The lowest BCUT2D eigenvalue weighted by molar-refractivity contribution is 0.562. The molecule has 3 nitrogen and oxygen atoms in total. The zero-order valence-corrected chi connectivity index (χ0v) is 15.0. The fourth-order valence-corrected chi connectivity index (χ4v) is 3.18. The average Bonchev–Trinajstić information content (AvgIpc) is 2.34. The molecule has 1 aromatic heterocycles. The molecule has 0 aliphatic carbocycles. The van der Waals surface area contributed by atoms with E-state index in [1.54, 1.807) is 12.1 Å². The molecule has 106 valence electrons. The number of benzene rings is 1. The third-order valence-corrected chi connectivity index (χ3v) is 4.37. The van der Waals surface area contributed by atoms with E-state index < -0.39 is 0 Å². The Balaban J connectivity index is 2.67. The molecule has 6 heteroatoms. The maximum absolute atomic E-state index is 13.3. The van der Waals surface area contributed by atoms with Crippen LogP contribution in [0.5, 0.6) is 0 Å². The van der Waals surface area contributed by atoms with Gasteiger partial charge in [0.2, 0.25) is 0 Å². The van der Waals surface area contributed by atoms with Crippen LogP contribution in [0, 0.1) is 9.39 Å². The molecule has 2 rings (SSSR count). The number of hydrogen-bond acceptors (Lipinski definition) is 2. The van der Waals surface area contributed by atoms with Crippen LogP contribution in [0.25, 0.3) is 11.4 Å². The lowest BCUT2D eigenvalue weighted by atomic mass is 9.92. The fraction of sp³-hybridized carbons (Fsp3) is 0.286. The fourth-order valence-electron chi connectivity index (χ4n) is 1.74. The number of nitrogens with one attached hydrogen (secondary N) is 1. The predicted octanol–water partition coefficient (Wildman–Crippen LogP) is 4.24. The topological polar surface area (TPSA) is 45.8 Å². The van der Waals surface area contributed by atoms with Gasteiger partial charge in [0.05, 0.1) is 10.2 Å².